The molecule has 0 bridgehead atoms. The first-order valence-corrected chi connectivity index (χ1v) is 11.1. The number of anilines is 1. The zero-order valence-corrected chi connectivity index (χ0v) is 20.0. The monoisotopic (exact) mass is 503 g/mol. The minimum atomic E-state index is -0.587. The van der Waals surface area contributed by atoms with Crippen LogP contribution in [0.15, 0.2) is 72.3 Å². The smallest absolute Gasteiger partial charge is 0.270 e. The number of nitrogens with one attached hydrogen (secondary N) is 1. The number of nitrogens with zero attached hydrogens (tertiary/aromatic N) is 2. The van der Waals surface area contributed by atoms with Crippen molar-refractivity contribution in [2.24, 2.45) is 0 Å². The fourth-order valence-electron chi connectivity index (χ4n) is 3.44. The second-order valence-corrected chi connectivity index (χ2v) is 8.25. The minimum Gasteiger partial charge on any atom is -0.496 e. The number of hydrogen-bond acceptors (Lipinski definition) is 6. The fraction of sp³-hybridized carbons (Fsp3) is 0.0769. The van der Waals surface area contributed by atoms with Crippen LogP contribution in [0.2, 0.25) is 5.02 Å². The van der Waals surface area contributed by atoms with E-state index in [0.29, 0.717) is 38.9 Å². The van der Waals surface area contributed by atoms with Crippen LogP contribution in [0.4, 0.5) is 5.69 Å². The molecule has 1 aliphatic heterocycles. The zero-order valence-electron chi connectivity index (χ0n) is 18.4. The van der Waals surface area contributed by atoms with Crippen LogP contribution in [-0.2, 0) is 16.2 Å². The molecule has 1 fully saturated rings. The Labute approximate surface area is 212 Å². The molecular weight excluding hydrogens is 486 g/mol. The van der Waals surface area contributed by atoms with Gasteiger partial charge in [-0.3, -0.25) is 19.8 Å². The molecule has 0 atom stereocenters. The third-order valence-corrected chi connectivity index (χ3v) is 5.72. The van der Waals surface area contributed by atoms with Gasteiger partial charge in [0, 0.05) is 10.6 Å². The Morgan fingerprint density at radius 2 is 1.80 bits per heavy atom. The molecule has 0 aromatic heterocycles. The summed E-state index contributed by atoms with van der Waals surface area (Å²) in [7, 11) is 1.54. The van der Waals surface area contributed by atoms with Gasteiger partial charge in [0.1, 0.15) is 23.7 Å². The molecule has 2 amide bonds. The summed E-state index contributed by atoms with van der Waals surface area (Å²) in [4.78, 5) is 27.1. The summed E-state index contributed by atoms with van der Waals surface area (Å²) in [5, 5.41) is 12.0. The van der Waals surface area contributed by atoms with Gasteiger partial charge in [0.25, 0.3) is 11.8 Å². The first-order valence-electron chi connectivity index (χ1n) is 10.4. The van der Waals surface area contributed by atoms with E-state index < -0.39 is 11.8 Å². The van der Waals surface area contributed by atoms with Gasteiger partial charge in [0.15, 0.2) is 5.11 Å². The topological polar surface area (TPSA) is 91.7 Å². The van der Waals surface area contributed by atoms with Crippen molar-refractivity contribution >= 4 is 52.5 Å². The van der Waals surface area contributed by atoms with Crippen LogP contribution in [0, 0.1) is 11.3 Å². The van der Waals surface area contributed by atoms with Crippen LogP contribution >= 0.6 is 23.8 Å². The number of methoxy groups -OCH3 is 1. The number of nitriles is 1. The standard InChI is InChI=1S/C26H18ClN3O4S/c1-33-23-11-4-17(12-18(23)15-34-21-9-2-16(14-28)3-10-21)13-22-24(31)29-26(35)30(25(22)32)20-7-5-19(27)6-8-20/h2-13H,15H2,1H3,(H,29,31,35)/b22-13+. The number of carbonyl (C=O) groups is 2. The molecule has 1 aliphatic rings. The number of thiocarbonyl (C=S) groups is 1. The molecule has 35 heavy (non-hydrogen) atoms. The van der Waals surface area contributed by atoms with E-state index in [-0.39, 0.29) is 17.3 Å². The van der Waals surface area contributed by atoms with Gasteiger partial charge in [-0.1, -0.05) is 17.7 Å². The maximum absolute atomic E-state index is 13.2. The lowest BCUT2D eigenvalue weighted by atomic mass is 10.0. The highest BCUT2D eigenvalue weighted by Gasteiger charge is 2.34. The van der Waals surface area contributed by atoms with Gasteiger partial charge in [-0.05, 0) is 84.5 Å². The molecule has 1 N–H and O–H groups in total. The van der Waals surface area contributed by atoms with E-state index in [1.165, 1.54) is 11.0 Å². The van der Waals surface area contributed by atoms with Crippen LogP contribution in [0.1, 0.15) is 16.7 Å². The van der Waals surface area contributed by atoms with Crippen LogP contribution in [0.25, 0.3) is 6.08 Å². The predicted octanol–water partition coefficient (Wildman–Crippen LogP) is 4.63. The lowest BCUT2D eigenvalue weighted by Crippen LogP contribution is -2.54. The summed E-state index contributed by atoms with van der Waals surface area (Å²) in [6.07, 6.45) is 1.49. The van der Waals surface area contributed by atoms with Crippen LogP contribution < -0.4 is 19.7 Å². The van der Waals surface area contributed by atoms with E-state index in [1.807, 2.05) is 0 Å². The normalized spacial score (nSPS) is 14.5. The maximum Gasteiger partial charge on any atom is 0.270 e. The Morgan fingerprint density at radius 3 is 2.46 bits per heavy atom. The summed E-state index contributed by atoms with van der Waals surface area (Å²) in [5.74, 6) is 0.0386. The molecule has 1 heterocycles. The molecule has 174 valence electrons. The molecule has 7 nitrogen and oxygen atoms in total. The Kier molecular flexibility index (Phi) is 7.11. The molecule has 0 aliphatic carbocycles. The van der Waals surface area contributed by atoms with E-state index in [4.69, 9.17) is 38.6 Å². The maximum atomic E-state index is 13.2. The van der Waals surface area contributed by atoms with Crippen LogP contribution in [0.5, 0.6) is 11.5 Å². The zero-order chi connectivity index (χ0) is 24.9. The third-order valence-electron chi connectivity index (χ3n) is 5.18. The van der Waals surface area contributed by atoms with Gasteiger partial charge < -0.3 is 9.47 Å². The molecular formula is C26H18ClN3O4S. The average Bonchev–Trinajstić information content (AvgIpc) is 2.86. The first kappa shape index (κ1) is 24.0. The molecule has 0 saturated carbocycles. The molecule has 3 aromatic carbocycles. The van der Waals surface area contributed by atoms with Crippen molar-refractivity contribution in [2.45, 2.75) is 6.61 Å². The van der Waals surface area contributed by atoms with Crippen molar-refractivity contribution in [3.8, 4) is 17.6 Å². The van der Waals surface area contributed by atoms with E-state index in [9.17, 15) is 9.59 Å². The van der Waals surface area contributed by atoms with Crippen LogP contribution in [0.3, 0.4) is 0 Å². The van der Waals surface area contributed by atoms with Gasteiger partial charge in [0.05, 0.1) is 24.4 Å². The summed E-state index contributed by atoms with van der Waals surface area (Å²) in [5.41, 5.74) is 2.26. The molecule has 0 unspecified atom stereocenters. The van der Waals surface area contributed by atoms with Crippen molar-refractivity contribution in [1.29, 1.82) is 5.26 Å². The van der Waals surface area contributed by atoms with Gasteiger partial charge in [-0.15, -0.1) is 0 Å². The van der Waals surface area contributed by atoms with Crippen molar-refractivity contribution in [3.63, 3.8) is 0 Å². The van der Waals surface area contributed by atoms with Crippen molar-refractivity contribution in [1.82, 2.24) is 5.32 Å². The number of amides is 2. The van der Waals surface area contributed by atoms with Crippen molar-refractivity contribution < 1.29 is 19.1 Å². The lowest BCUT2D eigenvalue weighted by Gasteiger charge is -2.29. The number of halogens is 1. The van der Waals surface area contributed by atoms with Gasteiger partial charge in [-0.25, -0.2) is 0 Å². The Bertz CT molecular complexity index is 1380. The SMILES string of the molecule is COc1ccc(/C=C2\C(=O)NC(=S)N(c3ccc(Cl)cc3)C2=O)cc1COc1ccc(C#N)cc1. The van der Waals surface area contributed by atoms with Gasteiger partial charge >= 0.3 is 0 Å². The second-order valence-electron chi connectivity index (χ2n) is 7.43. The number of hydrogen-bond donors (Lipinski definition) is 1. The largest absolute Gasteiger partial charge is 0.496 e. The van der Waals surface area contributed by atoms with E-state index >= 15 is 0 Å². The first-order chi connectivity index (χ1) is 16.9. The Balaban J connectivity index is 1.61. The highest BCUT2D eigenvalue weighted by Crippen LogP contribution is 2.26. The van der Waals surface area contributed by atoms with Crippen LogP contribution in [-0.4, -0.2) is 24.0 Å². The second kappa shape index (κ2) is 10.4. The van der Waals surface area contributed by atoms with Crippen molar-refractivity contribution in [2.75, 3.05) is 12.0 Å². The minimum absolute atomic E-state index is 0.00860. The van der Waals surface area contributed by atoms with E-state index in [2.05, 4.69) is 11.4 Å². The van der Waals surface area contributed by atoms with Gasteiger partial charge in [0.2, 0.25) is 0 Å². The van der Waals surface area contributed by atoms with Crippen molar-refractivity contribution in [3.05, 3.63) is 94.0 Å². The molecule has 0 spiro atoms. The molecule has 0 radical (unpaired) electrons. The summed E-state index contributed by atoms with van der Waals surface area (Å²) in [6, 6.07) is 20.6. The van der Waals surface area contributed by atoms with E-state index in [0.717, 1.165) is 0 Å². The summed E-state index contributed by atoms with van der Waals surface area (Å²) >= 11 is 11.2. The molecule has 1 saturated heterocycles. The molecule has 3 aromatic rings. The Hall–Kier alpha value is -4.19. The summed E-state index contributed by atoms with van der Waals surface area (Å²) < 4.78 is 11.3. The lowest BCUT2D eigenvalue weighted by molar-refractivity contribution is -0.122. The average molecular weight is 504 g/mol. The highest BCUT2D eigenvalue weighted by atomic mass is 35.5. The van der Waals surface area contributed by atoms with E-state index in [1.54, 1.807) is 73.8 Å². The quantitative estimate of drug-likeness (QED) is 0.299. The number of benzene rings is 3. The molecule has 4 rings (SSSR count). The Morgan fingerprint density at radius 1 is 1.09 bits per heavy atom. The fourth-order valence-corrected chi connectivity index (χ4v) is 3.84. The van der Waals surface area contributed by atoms with Gasteiger partial charge in [-0.2, -0.15) is 5.26 Å². The predicted molar refractivity (Wildman–Crippen MR) is 136 cm³/mol. The summed E-state index contributed by atoms with van der Waals surface area (Å²) in [6.45, 7) is 0.174. The highest BCUT2D eigenvalue weighted by molar-refractivity contribution is 7.80. The third kappa shape index (κ3) is 5.32. The number of rotatable bonds is 6. The number of carbonyl (C=O) groups excluding carboxylic acids is 2. The number of ether oxygens (including phenoxy) is 2. The molecule has 9 heteroatoms.